The molecule has 0 saturated heterocycles. The van der Waals surface area contributed by atoms with E-state index in [2.05, 4.69) is 172 Å². The van der Waals surface area contributed by atoms with Crippen LogP contribution in [0.1, 0.15) is 48.8 Å². The summed E-state index contributed by atoms with van der Waals surface area (Å²) in [5, 5.41) is 0. The van der Waals surface area contributed by atoms with Crippen LogP contribution in [0.4, 0.5) is 0 Å². The van der Waals surface area contributed by atoms with Gasteiger partial charge in [-0.15, -0.1) is 0 Å². The normalized spacial score (nSPS) is 18.8. The molecule has 208 valence electrons. The van der Waals surface area contributed by atoms with Crippen LogP contribution < -0.4 is 5.46 Å². The molecule has 0 amide bonds. The third kappa shape index (κ3) is 4.44. The summed E-state index contributed by atoms with van der Waals surface area (Å²) in [4.78, 5) is -0.138. The first-order valence-corrected chi connectivity index (χ1v) is 18.3. The zero-order chi connectivity index (χ0) is 29.0. The van der Waals surface area contributed by atoms with Gasteiger partial charge in [-0.05, 0) is 39.2 Å². The van der Waals surface area contributed by atoms with E-state index < -0.39 is 8.07 Å². The zero-order valence-electron chi connectivity index (χ0n) is 25.2. The van der Waals surface area contributed by atoms with Crippen LogP contribution in [0.25, 0.3) is 11.1 Å². The summed E-state index contributed by atoms with van der Waals surface area (Å²) in [5.41, 5.74) is 10.1. The van der Waals surface area contributed by atoms with Gasteiger partial charge in [-0.2, -0.15) is 0 Å². The molecule has 1 aliphatic rings. The van der Waals surface area contributed by atoms with Crippen LogP contribution in [-0.2, 0) is 4.94 Å². The van der Waals surface area contributed by atoms with E-state index in [1.165, 1.54) is 51.4 Å². The quantitative estimate of drug-likeness (QED) is 0.157. The number of benzene rings is 5. The molecule has 0 aromatic heterocycles. The first kappa shape index (κ1) is 28.3. The van der Waals surface area contributed by atoms with E-state index >= 15 is 0 Å². The summed E-state index contributed by atoms with van der Waals surface area (Å²) in [6.07, 6.45) is 0. The average Bonchev–Trinajstić information content (AvgIpc) is 3.41. The second-order valence-electron chi connectivity index (χ2n) is 11.8. The molecule has 0 unspecified atom stereocenters. The molecular weight excluding hydrogens is 519 g/mol. The van der Waals surface area contributed by atoms with Crippen molar-refractivity contribution in [1.82, 2.24) is 0 Å². The Morgan fingerprint density at radius 2 is 0.952 bits per heavy atom. The van der Waals surface area contributed by atoms with Crippen LogP contribution in [-0.4, -0.2) is 14.8 Å². The van der Waals surface area contributed by atoms with Crippen molar-refractivity contribution < 1.29 is 0 Å². The molecule has 42 heavy (non-hydrogen) atoms. The molecule has 1 aliphatic heterocycles. The number of allylic oxidation sites excluding steroid dienone is 2. The van der Waals surface area contributed by atoms with Gasteiger partial charge in [0.05, 0.1) is 8.07 Å². The van der Waals surface area contributed by atoms with E-state index in [9.17, 15) is 0 Å². The molecule has 0 spiro atoms. The molecule has 0 nitrogen and oxygen atoms in total. The standard InChI is InChI=1S/C40H41BSi/c1-4-42(5-2,6-3)40(35-28-18-10-19-29-35)38(33-24-14-8-15-25-33)37(32-22-12-7-13-23-32)39(34-26-16-9-17-27-34)41(40)36-30-20-11-21-31-36/h7-31,39H,4-6H2,1-3H3/t39-,40+/m0/s1. The predicted octanol–water partition coefficient (Wildman–Crippen LogP) is 9.86. The fraction of sp³-hybridized carbons (Fsp3) is 0.200. The van der Waals surface area contributed by atoms with Crippen LogP contribution in [0.3, 0.4) is 0 Å². The van der Waals surface area contributed by atoms with Crippen molar-refractivity contribution in [3.8, 4) is 0 Å². The Morgan fingerprint density at radius 3 is 1.45 bits per heavy atom. The van der Waals surface area contributed by atoms with Gasteiger partial charge in [-0.3, -0.25) is 0 Å². The van der Waals surface area contributed by atoms with Crippen LogP contribution >= 0.6 is 0 Å². The van der Waals surface area contributed by atoms with Crippen molar-refractivity contribution in [2.75, 3.05) is 0 Å². The Hall–Kier alpha value is -3.88. The van der Waals surface area contributed by atoms with E-state index in [0.717, 1.165) is 0 Å². The largest absolute Gasteiger partial charge is 0.201 e. The molecule has 2 atom stereocenters. The summed E-state index contributed by atoms with van der Waals surface area (Å²) in [5.74, 6) is 0.211. The van der Waals surface area contributed by atoms with Gasteiger partial charge in [0.2, 0.25) is 6.71 Å². The maximum absolute atomic E-state index is 2.49. The van der Waals surface area contributed by atoms with E-state index in [4.69, 9.17) is 0 Å². The molecule has 0 N–H and O–H groups in total. The Kier molecular flexibility index (Phi) is 8.18. The van der Waals surface area contributed by atoms with Gasteiger partial charge in [-0.25, -0.2) is 0 Å². The Balaban J connectivity index is 1.89. The molecule has 0 radical (unpaired) electrons. The van der Waals surface area contributed by atoms with Crippen LogP contribution in [0.15, 0.2) is 152 Å². The third-order valence-electron chi connectivity index (χ3n) is 10.3. The highest BCUT2D eigenvalue weighted by molar-refractivity contribution is 7.03. The van der Waals surface area contributed by atoms with Crippen molar-refractivity contribution in [1.29, 1.82) is 0 Å². The smallest absolute Gasteiger partial charge is 0.0780 e. The van der Waals surface area contributed by atoms with E-state index in [1.807, 2.05) is 0 Å². The molecule has 0 saturated carbocycles. The van der Waals surface area contributed by atoms with Crippen LogP contribution in [0.5, 0.6) is 0 Å². The fourth-order valence-corrected chi connectivity index (χ4v) is 14.3. The second-order valence-corrected chi connectivity index (χ2v) is 17.3. The lowest BCUT2D eigenvalue weighted by Gasteiger charge is -2.53. The first-order chi connectivity index (χ1) is 20.7. The van der Waals surface area contributed by atoms with E-state index in [1.54, 1.807) is 5.57 Å². The third-order valence-corrected chi connectivity index (χ3v) is 16.9. The van der Waals surface area contributed by atoms with Gasteiger partial charge >= 0.3 is 0 Å². The molecule has 6 rings (SSSR count). The van der Waals surface area contributed by atoms with Gasteiger partial charge < -0.3 is 0 Å². The average molecular weight is 561 g/mol. The van der Waals surface area contributed by atoms with Gasteiger partial charge in [-0.1, -0.05) is 196 Å². The van der Waals surface area contributed by atoms with Crippen LogP contribution in [0.2, 0.25) is 18.1 Å². The molecule has 5 aromatic rings. The molecule has 0 fully saturated rings. The number of hydrogen-bond donors (Lipinski definition) is 0. The molecular formula is C40H41BSi. The van der Waals surface area contributed by atoms with E-state index in [-0.39, 0.29) is 17.5 Å². The van der Waals surface area contributed by atoms with Crippen LogP contribution in [0, 0.1) is 0 Å². The highest BCUT2D eigenvalue weighted by atomic mass is 28.3. The lowest BCUT2D eigenvalue weighted by Crippen LogP contribution is -2.66. The molecule has 2 heteroatoms. The Bertz CT molecular complexity index is 1600. The van der Waals surface area contributed by atoms with Gasteiger partial charge in [0, 0.05) is 4.94 Å². The molecule has 1 heterocycles. The zero-order valence-corrected chi connectivity index (χ0v) is 26.2. The molecule has 0 bridgehead atoms. The van der Waals surface area contributed by atoms with E-state index in [0.29, 0.717) is 0 Å². The highest BCUT2D eigenvalue weighted by Crippen LogP contribution is 2.63. The summed E-state index contributed by atoms with van der Waals surface area (Å²) in [6.45, 7) is 7.74. The minimum atomic E-state index is -2.07. The minimum absolute atomic E-state index is 0.138. The Labute approximate surface area is 254 Å². The number of rotatable bonds is 9. The van der Waals surface area contributed by atoms with Crippen molar-refractivity contribution in [2.45, 2.75) is 49.7 Å². The minimum Gasteiger partial charge on any atom is -0.0780 e. The lowest BCUT2D eigenvalue weighted by atomic mass is 9.29. The summed E-state index contributed by atoms with van der Waals surface area (Å²) in [7, 11) is -2.07. The topological polar surface area (TPSA) is 0 Å². The van der Waals surface area contributed by atoms with Crippen molar-refractivity contribution in [3.63, 3.8) is 0 Å². The molecule has 5 aromatic carbocycles. The lowest BCUT2D eigenvalue weighted by molar-refractivity contribution is 0.944. The van der Waals surface area contributed by atoms with Crippen molar-refractivity contribution >= 4 is 31.4 Å². The fourth-order valence-electron chi connectivity index (χ4n) is 8.50. The molecule has 0 aliphatic carbocycles. The second kappa shape index (κ2) is 12.2. The summed E-state index contributed by atoms with van der Waals surface area (Å²) >= 11 is 0. The number of hydrogen-bond acceptors (Lipinski definition) is 0. The van der Waals surface area contributed by atoms with Crippen molar-refractivity contribution in [3.05, 3.63) is 174 Å². The Morgan fingerprint density at radius 1 is 0.524 bits per heavy atom. The monoisotopic (exact) mass is 560 g/mol. The summed E-state index contributed by atoms with van der Waals surface area (Å²) in [6, 6.07) is 60.9. The first-order valence-electron chi connectivity index (χ1n) is 15.7. The van der Waals surface area contributed by atoms with Gasteiger partial charge in [0.1, 0.15) is 0 Å². The van der Waals surface area contributed by atoms with Gasteiger partial charge in [0.15, 0.2) is 0 Å². The van der Waals surface area contributed by atoms with Gasteiger partial charge in [0.25, 0.3) is 0 Å². The maximum Gasteiger partial charge on any atom is 0.201 e. The van der Waals surface area contributed by atoms with Crippen molar-refractivity contribution in [2.24, 2.45) is 0 Å². The highest BCUT2D eigenvalue weighted by Gasteiger charge is 2.66. The maximum atomic E-state index is 2.49. The SMILES string of the molecule is CC[Si](CC)(CC)[C@@]1(c2ccccc2)B(c2ccccc2)[C@@H](c2ccccc2)C(c2ccccc2)=C1c1ccccc1. The summed E-state index contributed by atoms with van der Waals surface area (Å²) < 4.78 is 0. The predicted molar refractivity (Wildman–Crippen MR) is 186 cm³/mol.